The van der Waals surface area contributed by atoms with Crippen molar-refractivity contribution in [3.63, 3.8) is 0 Å². The van der Waals surface area contributed by atoms with Gasteiger partial charge in [-0.1, -0.05) is 23.9 Å². The van der Waals surface area contributed by atoms with E-state index in [1.165, 1.54) is 23.4 Å². The number of anilines is 1. The number of nitrogens with two attached hydrogens (primary N) is 1. The lowest BCUT2D eigenvalue weighted by molar-refractivity contribution is -0.137. The highest BCUT2D eigenvalue weighted by Gasteiger charge is 2.16. The van der Waals surface area contributed by atoms with Crippen molar-refractivity contribution < 1.29 is 14.3 Å². The lowest BCUT2D eigenvalue weighted by atomic mass is 10.0. The summed E-state index contributed by atoms with van der Waals surface area (Å²) >= 11 is 1.17. The van der Waals surface area contributed by atoms with Gasteiger partial charge in [-0.2, -0.15) is 9.50 Å². The summed E-state index contributed by atoms with van der Waals surface area (Å²) in [4.78, 5) is 20.0. The highest BCUT2D eigenvalue weighted by Crippen LogP contribution is 2.30. The number of carbonyl (C=O) groups excluding carboxylic acids is 1. The fraction of sp³-hybridized carbons (Fsp3) is 0.250. The molecule has 0 unspecified atom stereocenters. The summed E-state index contributed by atoms with van der Waals surface area (Å²) in [6.07, 6.45) is 0. The minimum atomic E-state index is -0.347. The number of aryl methyl sites for hydroxylation is 1. The molecule has 25 heavy (non-hydrogen) atoms. The lowest BCUT2D eigenvalue weighted by Gasteiger charge is -2.10. The van der Waals surface area contributed by atoms with Gasteiger partial charge in [0.2, 0.25) is 5.16 Å². The van der Waals surface area contributed by atoms with Gasteiger partial charge in [-0.05, 0) is 24.6 Å². The number of esters is 1. The van der Waals surface area contributed by atoms with E-state index in [1.54, 1.807) is 7.11 Å². The fourth-order valence-corrected chi connectivity index (χ4v) is 3.03. The van der Waals surface area contributed by atoms with E-state index in [-0.39, 0.29) is 11.7 Å². The van der Waals surface area contributed by atoms with E-state index in [0.29, 0.717) is 16.8 Å². The molecule has 0 aliphatic rings. The molecule has 3 rings (SSSR count). The van der Waals surface area contributed by atoms with Crippen LogP contribution in [0.4, 0.5) is 5.82 Å². The number of rotatable bonds is 5. The Hall–Kier alpha value is -2.81. The Kier molecular flexibility index (Phi) is 4.75. The van der Waals surface area contributed by atoms with Crippen molar-refractivity contribution in [1.82, 2.24) is 19.6 Å². The number of hydrogen-bond donors (Lipinski definition) is 1. The van der Waals surface area contributed by atoms with Crippen molar-refractivity contribution in [3.05, 3.63) is 30.0 Å². The van der Waals surface area contributed by atoms with E-state index >= 15 is 0 Å². The number of carbonyl (C=O) groups is 1. The van der Waals surface area contributed by atoms with Crippen molar-refractivity contribution in [2.24, 2.45) is 0 Å². The second-order valence-electron chi connectivity index (χ2n) is 5.16. The Morgan fingerprint density at radius 3 is 2.60 bits per heavy atom. The second kappa shape index (κ2) is 6.98. The van der Waals surface area contributed by atoms with E-state index in [9.17, 15) is 4.79 Å². The SMILES string of the molecule is COC(=O)CSc1nc2nc(C)c(-c3ccc(OC)cc3)c(N)n2n1. The van der Waals surface area contributed by atoms with E-state index in [4.69, 9.17) is 10.5 Å². The van der Waals surface area contributed by atoms with E-state index in [2.05, 4.69) is 19.8 Å². The standard InChI is InChI=1S/C16H17N5O3S/c1-9-13(10-4-6-11(23-2)7-5-10)14(17)21-15(18-9)19-16(20-21)25-8-12(22)24-3/h4-7H,8,17H2,1-3H3. The predicted octanol–water partition coefficient (Wildman–Crippen LogP) is 1.96. The molecule has 0 bridgehead atoms. The van der Waals surface area contributed by atoms with Gasteiger partial charge in [0, 0.05) is 5.56 Å². The molecule has 9 heteroatoms. The lowest BCUT2D eigenvalue weighted by Crippen LogP contribution is -2.06. The summed E-state index contributed by atoms with van der Waals surface area (Å²) in [6, 6.07) is 7.54. The monoisotopic (exact) mass is 359 g/mol. The molecule has 0 saturated heterocycles. The third kappa shape index (κ3) is 3.36. The molecule has 2 heterocycles. The fourth-order valence-electron chi connectivity index (χ4n) is 2.37. The highest BCUT2D eigenvalue weighted by atomic mass is 32.2. The van der Waals surface area contributed by atoms with Gasteiger partial charge < -0.3 is 15.2 Å². The zero-order valence-electron chi connectivity index (χ0n) is 14.0. The normalized spacial score (nSPS) is 10.8. The summed E-state index contributed by atoms with van der Waals surface area (Å²) in [5, 5.41) is 4.74. The van der Waals surface area contributed by atoms with Crippen LogP contribution in [-0.4, -0.2) is 45.5 Å². The summed E-state index contributed by atoms with van der Waals surface area (Å²) < 4.78 is 11.3. The first-order valence-corrected chi connectivity index (χ1v) is 8.39. The summed E-state index contributed by atoms with van der Waals surface area (Å²) in [5.41, 5.74) is 8.74. The van der Waals surface area contributed by atoms with Crippen molar-refractivity contribution in [2.75, 3.05) is 25.7 Å². The molecule has 0 radical (unpaired) electrons. The number of methoxy groups -OCH3 is 2. The van der Waals surface area contributed by atoms with Crippen LogP contribution < -0.4 is 10.5 Å². The van der Waals surface area contributed by atoms with Crippen molar-refractivity contribution >= 4 is 29.3 Å². The third-order valence-corrected chi connectivity index (χ3v) is 4.42. The average Bonchev–Trinajstić information content (AvgIpc) is 3.03. The predicted molar refractivity (Wildman–Crippen MR) is 94.7 cm³/mol. The van der Waals surface area contributed by atoms with Gasteiger partial charge in [0.15, 0.2) is 0 Å². The third-order valence-electron chi connectivity index (χ3n) is 3.61. The quantitative estimate of drug-likeness (QED) is 0.544. The van der Waals surface area contributed by atoms with Crippen LogP contribution in [0.3, 0.4) is 0 Å². The van der Waals surface area contributed by atoms with Crippen LogP contribution in [0.25, 0.3) is 16.9 Å². The molecule has 2 aromatic heterocycles. The smallest absolute Gasteiger partial charge is 0.316 e. The summed E-state index contributed by atoms with van der Waals surface area (Å²) in [7, 11) is 2.95. The van der Waals surface area contributed by atoms with Gasteiger partial charge in [-0.3, -0.25) is 4.79 Å². The number of benzene rings is 1. The van der Waals surface area contributed by atoms with Crippen LogP contribution in [-0.2, 0) is 9.53 Å². The van der Waals surface area contributed by atoms with E-state index < -0.39 is 0 Å². The van der Waals surface area contributed by atoms with Crippen LogP contribution in [0.5, 0.6) is 5.75 Å². The van der Waals surface area contributed by atoms with Gasteiger partial charge in [0.05, 0.1) is 25.7 Å². The van der Waals surface area contributed by atoms with Crippen LogP contribution in [0.15, 0.2) is 29.4 Å². The molecule has 0 aliphatic carbocycles. The zero-order valence-corrected chi connectivity index (χ0v) is 14.8. The highest BCUT2D eigenvalue weighted by molar-refractivity contribution is 7.99. The molecular weight excluding hydrogens is 342 g/mol. The van der Waals surface area contributed by atoms with Gasteiger partial charge in [0.25, 0.3) is 5.78 Å². The molecule has 0 amide bonds. The van der Waals surface area contributed by atoms with Crippen LogP contribution >= 0.6 is 11.8 Å². The van der Waals surface area contributed by atoms with Crippen LogP contribution in [0, 0.1) is 6.92 Å². The Bertz CT molecular complexity index is 924. The number of nitrogens with zero attached hydrogens (tertiary/aromatic N) is 4. The molecule has 130 valence electrons. The number of thioether (sulfide) groups is 1. The Labute approximate surface area is 148 Å². The molecule has 1 aromatic carbocycles. The molecule has 0 aliphatic heterocycles. The molecule has 0 fully saturated rings. The number of hydrogen-bond acceptors (Lipinski definition) is 8. The van der Waals surface area contributed by atoms with Gasteiger partial charge in [-0.25, -0.2) is 4.98 Å². The maximum absolute atomic E-state index is 11.3. The number of nitrogen functional groups attached to an aromatic ring is 1. The molecule has 2 N–H and O–H groups in total. The zero-order chi connectivity index (χ0) is 18.0. The number of aromatic nitrogens is 4. The van der Waals surface area contributed by atoms with E-state index in [0.717, 1.165) is 22.6 Å². The first kappa shape index (κ1) is 17.0. The topological polar surface area (TPSA) is 105 Å². The van der Waals surface area contributed by atoms with Crippen molar-refractivity contribution in [1.29, 1.82) is 0 Å². The minimum absolute atomic E-state index is 0.123. The summed E-state index contributed by atoms with van der Waals surface area (Å²) in [5.74, 6) is 1.36. The molecular formula is C16H17N5O3S. The van der Waals surface area contributed by atoms with Crippen molar-refractivity contribution in [3.8, 4) is 16.9 Å². The molecule has 0 spiro atoms. The van der Waals surface area contributed by atoms with Gasteiger partial charge in [0.1, 0.15) is 11.6 Å². The molecule has 8 nitrogen and oxygen atoms in total. The minimum Gasteiger partial charge on any atom is -0.497 e. The number of fused-ring (bicyclic) bond motifs is 1. The Morgan fingerprint density at radius 2 is 1.96 bits per heavy atom. The Morgan fingerprint density at radius 1 is 1.24 bits per heavy atom. The first-order chi connectivity index (χ1) is 12.0. The molecule has 3 aromatic rings. The second-order valence-corrected chi connectivity index (χ2v) is 6.10. The maximum Gasteiger partial charge on any atom is 0.316 e. The van der Waals surface area contributed by atoms with Crippen LogP contribution in [0.1, 0.15) is 5.69 Å². The van der Waals surface area contributed by atoms with E-state index in [1.807, 2.05) is 31.2 Å². The Balaban J connectivity index is 2.00. The molecule has 0 saturated carbocycles. The molecule has 0 atom stereocenters. The van der Waals surface area contributed by atoms with Gasteiger partial charge >= 0.3 is 5.97 Å². The maximum atomic E-state index is 11.3. The van der Waals surface area contributed by atoms with Crippen LogP contribution in [0.2, 0.25) is 0 Å². The first-order valence-electron chi connectivity index (χ1n) is 7.40. The van der Waals surface area contributed by atoms with Crippen molar-refractivity contribution in [2.45, 2.75) is 12.1 Å². The largest absolute Gasteiger partial charge is 0.497 e. The average molecular weight is 359 g/mol. The number of ether oxygens (including phenoxy) is 2. The van der Waals surface area contributed by atoms with Gasteiger partial charge in [-0.15, -0.1) is 5.10 Å². The summed E-state index contributed by atoms with van der Waals surface area (Å²) in [6.45, 7) is 1.87.